The van der Waals surface area contributed by atoms with E-state index in [9.17, 15) is 12.8 Å². The summed E-state index contributed by atoms with van der Waals surface area (Å²) in [5.74, 6) is 0.316. The fourth-order valence-electron chi connectivity index (χ4n) is 2.73. The number of hydrogen-bond acceptors (Lipinski definition) is 3. The highest BCUT2D eigenvalue weighted by Crippen LogP contribution is 2.28. The molecule has 1 N–H and O–H groups in total. The van der Waals surface area contributed by atoms with E-state index in [1.165, 1.54) is 35.3 Å². The molecule has 2 fully saturated rings. The van der Waals surface area contributed by atoms with Crippen molar-refractivity contribution in [2.45, 2.75) is 36.6 Å². The maximum Gasteiger partial charge on any atom is 0.243 e. The zero-order chi connectivity index (χ0) is 14.9. The molecule has 0 unspecified atom stereocenters. The molecule has 0 spiro atoms. The highest BCUT2D eigenvalue weighted by atomic mass is 32.2. The summed E-state index contributed by atoms with van der Waals surface area (Å²) in [6.07, 6.45) is 4.28. The van der Waals surface area contributed by atoms with E-state index in [4.69, 9.17) is 0 Å². The Morgan fingerprint density at radius 1 is 1.19 bits per heavy atom. The van der Waals surface area contributed by atoms with Crippen molar-refractivity contribution in [1.29, 1.82) is 0 Å². The molecular formula is C15H21FN2O2S. The van der Waals surface area contributed by atoms with E-state index >= 15 is 0 Å². The van der Waals surface area contributed by atoms with Crippen molar-refractivity contribution in [1.82, 2.24) is 9.62 Å². The number of hydrogen-bond donors (Lipinski definition) is 1. The summed E-state index contributed by atoms with van der Waals surface area (Å²) in [5.41, 5.74) is 0. The zero-order valence-corrected chi connectivity index (χ0v) is 12.8. The van der Waals surface area contributed by atoms with Crippen LogP contribution in [0.15, 0.2) is 29.2 Å². The summed E-state index contributed by atoms with van der Waals surface area (Å²) in [7, 11) is -3.56. The second kappa shape index (κ2) is 6.02. The van der Waals surface area contributed by atoms with Gasteiger partial charge in [0.05, 0.1) is 4.90 Å². The van der Waals surface area contributed by atoms with E-state index in [-0.39, 0.29) is 4.90 Å². The van der Waals surface area contributed by atoms with Gasteiger partial charge in [0, 0.05) is 19.1 Å². The SMILES string of the molecule is O=S(=O)(c1cccc(F)c1)N1CCC(NCC2CC2)CC1. The molecule has 1 aromatic carbocycles. The fraction of sp³-hybridized carbons (Fsp3) is 0.600. The monoisotopic (exact) mass is 312 g/mol. The number of sulfonamides is 1. The van der Waals surface area contributed by atoms with Crippen LogP contribution in [0.2, 0.25) is 0 Å². The molecule has 0 bridgehead atoms. The van der Waals surface area contributed by atoms with Crippen LogP contribution in [-0.2, 0) is 10.0 Å². The number of piperidine rings is 1. The van der Waals surface area contributed by atoms with Crippen LogP contribution >= 0.6 is 0 Å². The van der Waals surface area contributed by atoms with Crippen molar-refractivity contribution in [2.75, 3.05) is 19.6 Å². The van der Waals surface area contributed by atoms with Gasteiger partial charge in [0.2, 0.25) is 10.0 Å². The maximum atomic E-state index is 13.2. The van der Waals surface area contributed by atoms with Crippen LogP contribution in [0.3, 0.4) is 0 Å². The third-order valence-electron chi connectivity index (χ3n) is 4.28. The summed E-state index contributed by atoms with van der Waals surface area (Å²) >= 11 is 0. The van der Waals surface area contributed by atoms with Crippen molar-refractivity contribution in [3.63, 3.8) is 0 Å². The van der Waals surface area contributed by atoms with E-state index in [0.29, 0.717) is 19.1 Å². The third-order valence-corrected chi connectivity index (χ3v) is 6.17. The molecule has 116 valence electrons. The average Bonchev–Trinajstić information content (AvgIpc) is 3.30. The van der Waals surface area contributed by atoms with E-state index in [1.54, 1.807) is 0 Å². The molecule has 21 heavy (non-hydrogen) atoms. The fourth-order valence-corrected chi connectivity index (χ4v) is 4.23. The van der Waals surface area contributed by atoms with Crippen molar-refractivity contribution in [3.05, 3.63) is 30.1 Å². The van der Waals surface area contributed by atoms with Crippen LogP contribution in [-0.4, -0.2) is 38.4 Å². The molecule has 4 nitrogen and oxygen atoms in total. The first-order valence-corrected chi connectivity index (χ1v) is 8.99. The lowest BCUT2D eigenvalue weighted by molar-refractivity contribution is 0.288. The van der Waals surface area contributed by atoms with E-state index in [1.807, 2.05) is 0 Å². The molecule has 1 saturated carbocycles. The topological polar surface area (TPSA) is 49.4 Å². The molecule has 3 rings (SSSR count). The van der Waals surface area contributed by atoms with Gasteiger partial charge in [0.1, 0.15) is 5.82 Å². The molecule has 0 aromatic heterocycles. The van der Waals surface area contributed by atoms with Crippen LogP contribution in [0.25, 0.3) is 0 Å². The predicted octanol–water partition coefficient (Wildman–Crippen LogP) is 1.98. The van der Waals surface area contributed by atoms with E-state index in [2.05, 4.69) is 5.32 Å². The first-order valence-electron chi connectivity index (χ1n) is 7.55. The van der Waals surface area contributed by atoms with Gasteiger partial charge >= 0.3 is 0 Å². The van der Waals surface area contributed by atoms with Crippen molar-refractivity contribution in [3.8, 4) is 0 Å². The van der Waals surface area contributed by atoms with Gasteiger partial charge in [-0.1, -0.05) is 6.07 Å². The van der Waals surface area contributed by atoms with Crippen molar-refractivity contribution >= 4 is 10.0 Å². The largest absolute Gasteiger partial charge is 0.314 e. The standard InChI is InChI=1S/C15H21FN2O2S/c16-13-2-1-3-15(10-13)21(19,20)18-8-6-14(7-9-18)17-11-12-4-5-12/h1-3,10,12,14,17H,4-9,11H2. The number of rotatable bonds is 5. The second-order valence-corrected chi connectivity index (χ2v) is 7.93. The van der Waals surface area contributed by atoms with E-state index < -0.39 is 15.8 Å². The minimum atomic E-state index is -3.56. The van der Waals surface area contributed by atoms with Gasteiger partial charge in [-0.2, -0.15) is 4.31 Å². The molecule has 0 amide bonds. The third kappa shape index (κ3) is 3.62. The molecular weight excluding hydrogens is 291 g/mol. The molecule has 1 aliphatic heterocycles. The molecule has 0 atom stereocenters. The lowest BCUT2D eigenvalue weighted by Crippen LogP contribution is -2.45. The lowest BCUT2D eigenvalue weighted by Gasteiger charge is -2.31. The molecule has 1 saturated heterocycles. The Balaban J connectivity index is 1.59. The summed E-state index contributed by atoms with van der Waals surface area (Å²) in [6.45, 7) is 2.06. The normalized spacial score (nSPS) is 21.6. The van der Waals surface area contributed by atoms with E-state index in [0.717, 1.165) is 31.4 Å². The Kier molecular flexibility index (Phi) is 4.28. The zero-order valence-electron chi connectivity index (χ0n) is 12.0. The number of benzene rings is 1. The van der Waals surface area contributed by atoms with Crippen LogP contribution in [0, 0.1) is 11.7 Å². The number of nitrogens with one attached hydrogen (secondary N) is 1. The Morgan fingerprint density at radius 2 is 1.90 bits per heavy atom. The van der Waals surface area contributed by atoms with Gasteiger partial charge < -0.3 is 5.32 Å². The Morgan fingerprint density at radius 3 is 2.52 bits per heavy atom. The molecule has 6 heteroatoms. The van der Waals surface area contributed by atoms with Crippen LogP contribution in [0.4, 0.5) is 4.39 Å². The second-order valence-electron chi connectivity index (χ2n) is 5.99. The highest BCUT2D eigenvalue weighted by molar-refractivity contribution is 7.89. The van der Waals surface area contributed by atoms with Gasteiger partial charge in [-0.15, -0.1) is 0 Å². The lowest BCUT2D eigenvalue weighted by atomic mass is 10.1. The highest BCUT2D eigenvalue weighted by Gasteiger charge is 2.30. The first-order chi connectivity index (χ1) is 10.1. The van der Waals surface area contributed by atoms with Gasteiger partial charge in [-0.3, -0.25) is 0 Å². The minimum absolute atomic E-state index is 0.0480. The molecule has 1 aromatic rings. The quantitative estimate of drug-likeness (QED) is 0.904. The van der Waals surface area contributed by atoms with Gasteiger partial charge in [-0.05, 0) is 56.3 Å². The first kappa shape index (κ1) is 14.9. The minimum Gasteiger partial charge on any atom is -0.314 e. The summed E-state index contributed by atoms with van der Waals surface area (Å²) < 4.78 is 39.6. The molecule has 2 aliphatic rings. The summed E-state index contributed by atoms with van der Waals surface area (Å²) in [4.78, 5) is 0.0480. The summed E-state index contributed by atoms with van der Waals surface area (Å²) in [5, 5.41) is 3.52. The Hall–Kier alpha value is -0.980. The maximum absolute atomic E-state index is 13.2. The van der Waals surface area contributed by atoms with Gasteiger partial charge in [0.25, 0.3) is 0 Å². The van der Waals surface area contributed by atoms with Gasteiger partial charge in [-0.25, -0.2) is 12.8 Å². The van der Waals surface area contributed by atoms with Crippen LogP contribution in [0.5, 0.6) is 0 Å². The smallest absolute Gasteiger partial charge is 0.243 e. The number of halogens is 1. The summed E-state index contributed by atoms with van der Waals surface area (Å²) in [6, 6.07) is 5.64. The van der Waals surface area contributed by atoms with Crippen LogP contribution < -0.4 is 5.32 Å². The van der Waals surface area contributed by atoms with Crippen molar-refractivity contribution < 1.29 is 12.8 Å². The molecule has 1 aliphatic carbocycles. The predicted molar refractivity (Wildman–Crippen MR) is 78.9 cm³/mol. The Bertz CT molecular complexity index is 593. The molecule has 1 heterocycles. The van der Waals surface area contributed by atoms with Crippen LogP contribution in [0.1, 0.15) is 25.7 Å². The average molecular weight is 312 g/mol. The van der Waals surface area contributed by atoms with Crippen molar-refractivity contribution in [2.24, 2.45) is 5.92 Å². The number of nitrogens with zero attached hydrogens (tertiary/aromatic N) is 1. The molecule has 0 radical (unpaired) electrons. The van der Waals surface area contributed by atoms with Gasteiger partial charge in [0.15, 0.2) is 0 Å². The Labute approximate surface area is 125 Å².